The molecule has 0 saturated heterocycles. The fourth-order valence-electron chi connectivity index (χ4n) is 1.37. The van der Waals surface area contributed by atoms with Gasteiger partial charge in [-0.15, -0.1) is 0 Å². The number of carbonyl (C=O) groups is 2. The predicted molar refractivity (Wildman–Crippen MR) is 66.9 cm³/mol. The number of hydrogen-bond donors (Lipinski definition) is 4. The monoisotopic (exact) mass is 251 g/mol. The lowest BCUT2D eigenvalue weighted by Crippen LogP contribution is -2.45. The number of phenolic OH excluding ortho intramolecular Hbond substituents is 1. The first-order chi connectivity index (χ1) is 8.52. The summed E-state index contributed by atoms with van der Waals surface area (Å²) in [5, 5.41) is 13.9. The van der Waals surface area contributed by atoms with E-state index < -0.39 is 6.04 Å². The number of nitrogens with two attached hydrogens (primary N) is 1. The molecule has 1 aromatic carbocycles. The number of aromatic hydroxyl groups is 1. The van der Waals surface area contributed by atoms with E-state index in [0.717, 1.165) is 5.56 Å². The van der Waals surface area contributed by atoms with Crippen LogP contribution in [0, 0.1) is 0 Å². The Bertz CT molecular complexity index is 417. The zero-order chi connectivity index (χ0) is 13.5. The molecule has 1 atom stereocenters. The summed E-state index contributed by atoms with van der Waals surface area (Å²) in [7, 11) is 1.49. The molecule has 0 heterocycles. The number of hydrogen-bond acceptors (Lipinski definition) is 4. The summed E-state index contributed by atoms with van der Waals surface area (Å²) in [5.74, 6) is -0.497. The van der Waals surface area contributed by atoms with Gasteiger partial charge in [0.05, 0.1) is 12.6 Å². The SMILES string of the molecule is CNC(=O)CNC(=O)[C@H](N)Cc1ccc(O)cc1. The van der Waals surface area contributed by atoms with E-state index >= 15 is 0 Å². The molecule has 0 fully saturated rings. The second kappa shape index (κ2) is 6.61. The molecule has 6 nitrogen and oxygen atoms in total. The maximum atomic E-state index is 11.6. The van der Waals surface area contributed by atoms with Gasteiger partial charge in [0.2, 0.25) is 11.8 Å². The van der Waals surface area contributed by atoms with Gasteiger partial charge in [0, 0.05) is 7.05 Å². The van der Waals surface area contributed by atoms with Crippen molar-refractivity contribution in [2.24, 2.45) is 5.73 Å². The van der Waals surface area contributed by atoms with E-state index in [2.05, 4.69) is 10.6 Å². The number of nitrogens with one attached hydrogen (secondary N) is 2. The minimum atomic E-state index is -0.723. The summed E-state index contributed by atoms with van der Waals surface area (Å²) in [6.07, 6.45) is 0.347. The molecule has 5 N–H and O–H groups in total. The van der Waals surface area contributed by atoms with Crippen molar-refractivity contribution in [3.05, 3.63) is 29.8 Å². The molecule has 0 radical (unpaired) electrons. The van der Waals surface area contributed by atoms with E-state index in [1.807, 2.05) is 0 Å². The van der Waals surface area contributed by atoms with E-state index in [0.29, 0.717) is 6.42 Å². The topological polar surface area (TPSA) is 104 Å². The highest BCUT2D eigenvalue weighted by Crippen LogP contribution is 2.10. The second-order valence-corrected chi connectivity index (χ2v) is 3.87. The smallest absolute Gasteiger partial charge is 0.239 e. The lowest BCUT2D eigenvalue weighted by molar-refractivity contribution is -0.126. The zero-order valence-electron chi connectivity index (χ0n) is 10.1. The maximum Gasteiger partial charge on any atom is 0.239 e. The van der Waals surface area contributed by atoms with Crippen molar-refractivity contribution >= 4 is 11.8 Å². The molecule has 0 aliphatic rings. The van der Waals surface area contributed by atoms with Gasteiger partial charge in [-0.25, -0.2) is 0 Å². The van der Waals surface area contributed by atoms with Gasteiger partial charge in [-0.3, -0.25) is 9.59 Å². The number of amides is 2. The highest BCUT2D eigenvalue weighted by Gasteiger charge is 2.14. The Balaban J connectivity index is 2.44. The molecule has 6 heteroatoms. The summed E-state index contributed by atoms with van der Waals surface area (Å²) in [5.41, 5.74) is 6.55. The lowest BCUT2D eigenvalue weighted by atomic mass is 10.1. The Morgan fingerprint density at radius 1 is 1.33 bits per heavy atom. The third-order valence-electron chi connectivity index (χ3n) is 2.43. The van der Waals surface area contributed by atoms with Crippen LogP contribution in [0.15, 0.2) is 24.3 Å². The molecule has 2 amide bonds. The molecule has 0 saturated carbocycles. The van der Waals surface area contributed by atoms with Gasteiger partial charge in [-0.2, -0.15) is 0 Å². The minimum absolute atomic E-state index is 0.0847. The van der Waals surface area contributed by atoms with E-state index in [4.69, 9.17) is 10.8 Å². The van der Waals surface area contributed by atoms with Gasteiger partial charge >= 0.3 is 0 Å². The summed E-state index contributed by atoms with van der Waals surface area (Å²) in [6.45, 7) is -0.0847. The first-order valence-corrected chi connectivity index (χ1v) is 5.54. The summed E-state index contributed by atoms with van der Waals surface area (Å²) < 4.78 is 0. The van der Waals surface area contributed by atoms with Crippen LogP contribution in [0.1, 0.15) is 5.56 Å². The Morgan fingerprint density at radius 3 is 2.50 bits per heavy atom. The largest absolute Gasteiger partial charge is 0.508 e. The van der Waals surface area contributed by atoms with Crippen LogP contribution in [-0.4, -0.2) is 36.6 Å². The number of carbonyl (C=O) groups excluding carboxylic acids is 2. The highest BCUT2D eigenvalue weighted by atomic mass is 16.3. The first-order valence-electron chi connectivity index (χ1n) is 5.54. The van der Waals surface area contributed by atoms with Crippen molar-refractivity contribution in [1.82, 2.24) is 10.6 Å². The Kier molecular flexibility index (Phi) is 5.13. The molecule has 0 aromatic heterocycles. The van der Waals surface area contributed by atoms with Crippen LogP contribution in [0.25, 0.3) is 0 Å². The number of rotatable bonds is 5. The predicted octanol–water partition coefficient (Wildman–Crippen LogP) is -0.876. The first kappa shape index (κ1) is 14.0. The number of phenols is 1. The van der Waals surface area contributed by atoms with Crippen molar-refractivity contribution in [2.75, 3.05) is 13.6 Å². The lowest BCUT2D eigenvalue weighted by Gasteiger charge is -2.11. The summed E-state index contributed by atoms with van der Waals surface area (Å²) in [6, 6.07) is 5.73. The average molecular weight is 251 g/mol. The quantitative estimate of drug-likeness (QED) is 0.545. The van der Waals surface area contributed by atoms with Gasteiger partial charge in [0.1, 0.15) is 5.75 Å². The fraction of sp³-hybridized carbons (Fsp3) is 0.333. The highest BCUT2D eigenvalue weighted by molar-refractivity contribution is 5.87. The molecule has 0 unspecified atom stereocenters. The summed E-state index contributed by atoms with van der Waals surface area (Å²) >= 11 is 0. The van der Waals surface area contributed by atoms with E-state index in [9.17, 15) is 9.59 Å². The molecule has 1 rings (SSSR count). The van der Waals surface area contributed by atoms with E-state index in [-0.39, 0.29) is 24.1 Å². The van der Waals surface area contributed by atoms with Crippen LogP contribution in [0.2, 0.25) is 0 Å². The van der Waals surface area contributed by atoms with Crippen molar-refractivity contribution in [3.63, 3.8) is 0 Å². The molecule has 1 aromatic rings. The van der Waals surface area contributed by atoms with Crippen LogP contribution in [0.5, 0.6) is 5.75 Å². The molecule has 18 heavy (non-hydrogen) atoms. The molecule has 98 valence electrons. The third kappa shape index (κ3) is 4.42. The fourth-order valence-corrected chi connectivity index (χ4v) is 1.37. The second-order valence-electron chi connectivity index (χ2n) is 3.87. The van der Waals surface area contributed by atoms with Gasteiger partial charge in [0.25, 0.3) is 0 Å². The third-order valence-corrected chi connectivity index (χ3v) is 2.43. The summed E-state index contributed by atoms with van der Waals surface area (Å²) in [4.78, 5) is 22.5. The van der Waals surface area contributed by atoms with Crippen LogP contribution < -0.4 is 16.4 Å². The van der Waals surface area contributed by atoms with E-state index in [1.165, 1.54) is 19.2 Å². The van der Waals surface area contributed by atoms with Gasteiger partial charge in [-0.05, 0) is 24.1 Å². The van der Waals surface area contributed by atoms with Gasteiger partial charge in [-0.1, -0.05) is 12.1 Å². The maximum absolute atomic E-state index is 11.6. The van der Waals surface area contributed by atoms with Crippen molar-refractivity contribution in [1.29, 1.82) is 0 Å². The Hall–Kier alpha value is -2.08. The van der Waals surface area contributed by atoms with Crippen LogP contribution in [-0.2, 0) is 16.0 Å². The molecular formula is C12H17N3O3. The molecule has 0 bridgehead atoms. The number of likely N-dealkylation sites (N-methyl/N-ethyl adjacent to an activating group) is 1. The standard InChI is InChI=1S/C12H17N3O3/c1-14-11(17)7-15-12(18)10(13)6-8-2-4-9(16)5-3-8/h2-5,10,16H,6-7,13H2,1H3,(H,14,17)(H,15,18)/t10-/m1/s1. The Labute approximate surface area is 105 Å². The average Bonchev–Trinajstić information content (AvgIpc) is 2.38. The van der Waals surface area contributed by atoms with Crippen LogP contribution in [0.3, 0.4) is 0 Å². The van der Waals surface area contributed by atoms with Gasteiger partial charge in [0.15, 0.2) is 0 Å². The van der Waals surface area contributed by atoms with Crippen molar-refractivity contribution < 1.29 is 14.7 Å². The number of benzene rings is 1. The van der Waals surface area contributed by atoms with E-state index in [1.54, 1.807) is 12.1 Å². The van der Waals surface area contributed by atoms with Gasteiger partial charge < -0.3 is 21.5 Å². The van der Waals surface area contributed by atoms with Crippen LogP contribution in [0.4, 0.5) is 0 Å². The zero-order valence-corrected chi connectivity index (χ0v) is 10.1. The van der Waals surface area contributed by atoms with Crippen molar-refractivity contribution in [3.8, 4) is 5.75 Å². The Morgan fingerprint density at radius 2 is 1.94 bits per heavy atom. The molecule has 0 aliphatic heterocycles. The minimum Gasteiger partial charge on any atom is -0.508 e. The normalized spacial score (nSPS) is 11.7. The molecular weight excluding hydrogens is 234 g/mol. The van der Waals surface area contributed by atoms with Crippen LogP contribution >= 0.6 is 0 Å². The molecule has 0 aliphatic carbocycles. The van der Waals surface area contributed by atoms with Crippen molar-refractivity contribution in [2.45, 2.75) is 12.5 Å². The molecule has 0 spiro atoms.